The normalized spacial score (nSPS) is 19.8. The Labute approximate surface area is 93.0 Å². The first-order chi connectivity index (χ1) is 7.49. The number of rotatable bonds is 1. The zero-order valence-corrected chi connectivity index (χ0v) is 8.92. The molecule has 0 saturated carbocycles. The summed E-state index contributed by atoms with van der Waals surface area (Å²) in [4.78, 5) is 1.86. The van der Waals surface area contributed by atoms with Crippen LogP contribution in [-0.4, -0.2) is 19.0 Å². The Bertz CT molecular complexity index is 383. The van der Waals surface area contributed by atoms with E-state index < -0.39 is 5.92 Å². The van der Waals surface area contributed by atoms with Crippen molar-refractivity contribution in [1.82, 2.24) is 0 Å². The van der Waals surface area contributed by atoms with E-state index in [2.05, 4.69) is 0 Å². The van der Waals surface area contributed by atoms with Crippen molar-refractivity contribution in [3.05, 3.63) is 18.2 Å². The Morgan fingerprint density at radius 3 is 2.38 bits per heavy atom. The third-order valence-electron chi connectivity index (χ3n) is 2.95. The van der Waals surface area contributed by atoms with Gasteiger partial charge in [-0.2, -0.15) is 0 Å². The summed E-state index contributed by atoms with van der Waals surface area (Å²) in [6, 6.07) is 5.31. The Balaban J connectivity index is 2.17. The lowest BCUT2D eigenvalue weighted by atomic mass is 10.1. The first-order valence-corrected chi connectivity index (χ1v) is 5.26. The summed E-state index contributed by atoms with van der Waals surface area (Å²) in [6.45, 7) is 0.640. The molecule has 0 aliphatic carbocycles. The smallest absolute Gasteiger partial charge is 0.251 e. The number of hydrogen-bond acceptors (Lipinski definition) is 3. The van der Waals surface area contributed by atoms with Crippen molar-refractivity contribution in [3.8, 4) is 0 Å². The SMILES string of the molecule is Nc1cccc(N2CCC(F)(F)CC2)c1N. The highest BCUT2D eigenvalue weighted by molar-refractivity contribution is 5.79. The lowest BCUT2D eigenvalue weighted by molar-refractivity contribution is -0.0220. The fourth-order valence-corrected chi connectivity index (χ4v) is 1.92. The van der Waals surface area contributed by atoms with Gasteiger partial charge in [-0.3, -0.25) is 0 Å². The van der Waals surface area contributed by atoms with E-state index in [4.69, 9.17) is 11.5 Å². The van der Waals surface area contributed by atoms with Crippen LogP contribution >= 0.6 is 0 Å². The minimum absolute atomic E-state index is 0.124. The van der Waals surface area contributed by atoms with Crippen molar-refractivity contribution >= 4 is 17.1 Å². The summed E-state index contributed by atoms with van der Waals surface area (Å²) in [5.41, 5.74) is 13.2. The Morgan fingerprint density at radius 1 is 1.12 bits per heavy atom. The van der Waals surface area contributed by atoms with Crippen molar-refractivity contribution in [2.75, 3.05) is 29.5 Å². The number of nitrogen functional groups attached to an aromatic ring is 2. The second-order valence-corrected chi connectivity index (χ2v) is 4.12. The molecule has 0 atom stereocenters. The number of piperidine rings is 1. The monoisotopic (exact) mass is 227 g/mol. The Kier molecular flexibility index (Phi) is 2.61. The summed E-state index contributed by atoms with van der Waals surface area (Å²) in [6.07, 6.45) is -0.248. The van der Waals surface area contributed by atoms with E-state index in [0.29, 0.717) is 24.5 Å². The topological polar surface area (TPSA) is 55.3 Å². The predicted octanol–water partition coefficient (Wildman–Crippen LogP) is 2.09. The molecule has 1 saturated heterocycles. The van der Waals surface area contributed by atoms with Crippen molar-refractivity contribution in [3.63, 3.8) is 0 Å². The van der Waals surface area contributed by atoms with Crippen LogP contribution < -0.4 is 16.4 Å². The third-order valence-corrected chi connectivity index (χ3v) is 2.95. The molecule has 1 heterocycles. The molecule has 88 valence electrons. The molecule has 1 aliphatic heterocycles. The molecule has 1 aromatic carbocycles. The van der Waals surface area contributed by atoms with Crippen LogP contribution in [0.4, 0.5) is 25.8 Å². The lowest BCUT2D eigenvalue weighted by Gasteiger charge is -2.34. The molecule has 16 heavy (non-hydrogen) atoms. The maximum Gasteiger partial charge on any atom is 0.251 e. The average Bonchev–Trinajstić information content (AvgIpc) is 2.23. The van der Waals surface area contributed by atoms with Gasteiger partial charge >= 0.3 is 0 Å². The quantitative estimate of drug-likeness (QED) is 0.722. The van der Waals surface area contributed by atoms with Crippen LogP contribution in [0.3, 0.4) is 0 Å². The highest BCUT2D eigenvalue weighted by atomic mass is 19.3. The van der Waals surface area contributed by atoms with Crippen molar-refractivity contribution in [2.24, 2.45) is 0 Å². The minimum Gasteiger partial charge on any atom is -0.397 e. The molecule has 2 rings (SSSR count). The summed E-state index contributed by atoms with van der Waals surface area (Å²) in [7, 11) is 0. The number of anilines is 3. The van der Waals surface area contributed by atoms with Gasteiger partial charge in [-0.15, -0.1) is 0 Å². The van der Waals surface area contributed by atoms with E-state index in [-0.39, 0.29) is 12.8 Å². The molecule has 0 aromatic heterocycles. The van der Waals surface area contributed by atoms with Gasteiger partial charge in [0.2, 0.25) is 0 Å². The molecule has 5 heteroatoms. The molecular formula is C11H15F2N3. The van der Waals surface area contributed by atoms with Crippen LogP contribution in [0.15, 0.2) is 18.2 Å². The first-order valence-electron chi connectivity index (χ1n) is 5.26. The maximum absolute atomic E-state index is 13.0. The number of hydrogen-bond donors (Lipinski definition) is 2. The summed E-state index contributed by atoms with van der Waals surface area (Å²) in [5, 5.41) is 0. The summed E-state index contributed by atoms with van der Waals surface area (Å²) < 4.78 is 26.0. The van der Waals surface area contributed by atoms with Gasteiger partial charge in [0.25, 0.3) is 5.92 Å². The van der Waals surface area contributed by atoms with E-state index in [1.807, 2.05) is 11.0 Å². The maximum atomic E-state index is 13.0. The van der Waals surface area contributed by atoms with E-state index >= 15 is 0 Å². The van der Waals surface area contributed by atoms with Gasteiger partial charge in [0.1, 0.15) is 0 Å². The minimum atomic E-state index is -2.54. The first kappa shape index (κ1) is 11.0. The number of alkyl halides is 2. The summed E-state index contributed by atoms with van der Waals surface area (Å²) in [5.74, 6) is -2.54. The van der Waals surface area contributed by atoms with Crippen LogP contribution in [0.25, 0.3) is 0 Å². The molecule has 0 radical (unpaired) electrons. The second-order valence-electron chi connectivity index (χ2n) is 4.12. The lowest BCUT2D eigenvalue weighted by Crippen LogP contribution is -2.39. The van der Waals surface area contributed by atoms with Crippen LogP contribution in [0.5, 0.6) is 0 Å². The predicted molar refractivity (Wildman–Crippen MR) is 61.7 cm³/mol. The molecule has 4 N–H and O–H groups in total. The van der Waals surface area contributed by atoms with Gasteiger partial charge in [0.05, 0.1) is 17.1 Å². The molecular weight excluding hydrogens is 212 g/mol. The highest BCUT2D eigenvalue weighted by Crippen LogP contribution is 2.34. The van der Waals surface area contributed by atoms with Crippen molar-refractivity contribution in [2.45, 2.75) is 18.8 Å². The van der Waals surface area contributed by atoms with Gasteiger partial charge in [-0.25, -0.2) is 8.78 Å². The number of halogens is 2. The van der Waals surface area contributed by atoms with Gasteiger partial charge in [-0.05, 0) is 12.1 Å². The Morgan fingerprint density at radius 2 is 1.75 bits per heavy atom. The fourth-order valence-electron chi connectivity index (χ4n) is 1.92. The fraction of sp³-hybridized carbons (Fsp3) is 0.455. The zero-order chi connectivity index (χ0) is 11.8. The van der Waals surface area contributed by atoms with Crippen molar-refractivity contribution < 1.29 is 8.78 Å². The van der Waals surface area contributed by atoms with Gasteiger partial charge in [0.15, 0.2) is 0 Å². The van der Waals surface area contributed by atoms with E-state index in [1.165, 1.54) is 0 Å². The largest absolute Gasteiger partial charge is 0.397 e. The standard InChI is InChI=1S/C11H15F2N3/c12-11(13)4-6-16(7-5-11)9-3-1-2-8(14)10(9)15/h1-3H,4-7,14-15H2. The van der Waals surface area contributed by atoms with E-state index in [1.54, 1.807) is 12.1 Å². The molecule has 3 nitrogen and oxygen atoms in total. The molecule has 0 amide bonds. The highest BCUT2D eigenvalue weighted by Gasteiger charge is 2.34. The third kappa shape index (κ3) is 2.03. The molecule has 1 aromatic rings. The van der Waals surface area contributed by atoms with Crippen LogP contribution in [0, 0.1) is 0 Å². The molecule has 0 spiro atoms. The van der Waals surface area contributed by atoms with Crippen LogP contribution in [0.1, 0.15) is 12.8 Å². The molecule has 0 unspecified atom stereocenters. The van der Waals surface area contributed by atoms with E-state index in [9.17, 15) is 8.78 Å². The van der Waals surface area contributed by atoms with Gasteiger partial charge < -0.3 is 16.4 Å². The Hall–Kier alpha value is -1.52. The molecule has 1 aliphatic rings. The zero-order valence-electron chi connectivity index (χ0n) is 8.92. The van der Waals surface area contributed by atoms with Gasteiger partial charge in [-0.1, -0.05) is 6.07 Å². The van der Waals surface area contributed by atoms with E-state index in [0.717, 1.165) is 5.69 Å². The summed E-state index contributed by atoms with van der Waals surface area (Å²) >= 11 is 0. The number of benzene rings is 1. The molecule has 0 bridgehead atoms. The van der Waals surface area contributed by atoms with Crippen LogP contribution in [0.2, 0.25) is 0 Å². The molecule has 1 fully saturated rings. The van der Waals surface area contributed by atoms with Crippen molar-refractivity contribution in [1.29, 1.82) is 0 Å². The number of para-hydroxylation sites is 1. The van der Waals surface area contributed by atoms with Gasteiger partial charge in [0, 0.05) is 25.9 Å². The second kappa shape index (κ2) is 3.81. The number of nitrogens with zero attached hydrogens (tertiary/aromatic N) is 1. The average molecular weight is 227 g/mol. The number of nitrogens with two attached hydrogens (primary N) is 2. The van der Waals surface area contributed by atoms with Crippen LogP contribution in [-0.2, 0) is 0 Å².